The van der Waals surface area contributed by atoms with E-state index in [4.69, 9.17) is 30.2 Å². The molecule has 0 aliphatic heterocycles. The first kappa shape index (κ1) is 16.8. The van der Waals surface area contributed by atoms with Crippen molar-refractivity contribution in [2.45, 2.75) is 6.54 Å². The fourth-order valence-corrected chi connectivity index (χ4v) is 1.72. The normalized spacial score (nSPS) is 10.7. The minimum atomic E-state index is -4.94. The first-order valence-electron chi connectivity index (χ1n) is 5.62. The summed E-state index contributed by atoms with van der Waals surface area (Å²) in [5.41, 5.74) is 2.48. The van der Waals surface area contributed by atoms with Gasteiger partial charge in [-0.2, -0.15) is 0 Å². The molecule has 2 aromatic rings. The Hall–Kier alpha value is -1.21. The second-order valence-corrected chi connectivity index (χ2v) is 4.89. The van der Waals surface area contributed by atoms with Gasteiger partial charge >= 0.3 is 0 Å². The van der Waals surface area contributed by atoms with Gasteiger partial charge in [0.15, 0.2) is 18.9 Å². The maximum Gasteiger partial charge on any atom is 0.169 e. The molecule has 5 nitrogen and oxygen atoms in total. The van der Waals surface area contributed by atoms with Gasteiger partial charge in [0.25, 0.3) is 0 Å². The molecular weight excluding hydrogens is 305 g/mol. The number of aryl methyl sites for hydroxylation is 1. The maximum atomic E-state index is 8.49. The number of hydrogen-bond donors (Lipinski definition) is 0. The van der Waals surface area contributed by atoms with Gasteiger partial charge in [0.2, 0.25) is 0 Å². The van der Waals surface area contributed by atoms with Crippen molar-refractivity contribution in [3.63, 3.8) is 0 Å². The van der Waals surface area contributed by atoms with Crippen LogP contribution in [0.2, 0.25) is 0 Å². The Kier molecular flexibility index (Phi) is 6.87. The zero-order valence-electron chi connectivity index (χ0n) is 10.4. The Morgan fingerprint density at radius 2 is 1.30 bits per heavy atom. The molecule has 0 radical (unpaired) electrons. The molecule has 0 aliphatic carbocycles. The third-order valence-electron chi connectivity index (χ3n) is 2.34. The molecule has 1 heterocycles. The molecule has 0 atom stereocenters. The summed E-state index contributed by atoms with van der Waals surface area (Å²) >= 11 is 5.67. The van der Waals surface area contributed by atoms with Gasteiger partial charge in [-0.1, -0.05) is 30.3 Å². The summed E-state index contributed by atoms with van der Waals surface area (Å²) < 4.78 is 36.1. The first-order valence-corrected chi connectivity index (χ1v) is 7.39. The van der Waals surface area contributed by atoms with Gasteiger partial charge in [-0.15, -0.1) is 21.8 Å². The lowest BCUT2D eigenvalue weighted by Gasteiger charge is -2.17. The third kappa shape index (κ3) is 7.40. The molecule has 1 aromatic carbocycles. The second kappa shape index (κ2) is 8.16. The van der Waals surface area contributed by atoms with Crippen molar-refractivity contribution in [3.8, 4) is 11.1 Å². The number of rotatable bonds is 3. The predicted molar refractivity (Wildman–Crippen MR) is 62.8 cm³/mol. The van der Waals surface area contributed by atoms with Crippen molar-refractivity contribution in [1.82, 2.24) is 0 Å². The lowest BCUT2D eigenvalue weighted by atomic mass is 10.1. The number of aromatic nitrogens is 1. The predicted octanol–water partition coefficient (Wildman–Crippen LogP) is -1.88. The summed E-state index contributed by atoms with van der Waals surface area (Å²) in [7, 11) is -4.94. The molecule has 0 bridgehead atoms. The van der Waals surface area contributed by atoms with E-state index >= 15 is 0 Å². The van der Waals surface area contributed by atoms with E-state index in [1.807, 2.05) is 6.07 Å². The van der Waals surface area contributed by atoms with Gasteiger partial charge in [-0.25, -0.2) is 23.2 Å². The molecule has 0 N–H and O–H groups in total. The van der Waals surface area contributed by atoms with E-state index in [2.05, 4.69) is 53.4 Å². The van der Waals surface area contributed by atoms with Crippen LogP contribution in [0.3, 0.4) is 0 Å². The van der Waals surface area contributed by atoms with E-state index in [-0.39, 0.29) is 0 Å². The molecule has 1 aromatic heterocycles. The summed E-state index contributed by atoms with van der Waals surface area (Å²) in [6, 6.07) is 14.6. The van der Waals surface area contributed by atoms with Gasteiger partial charge in [0.1, 0.15) is 0 Å². The number of nitrogens with zero attached hydrogens (tertiary/aromatic N) is 1. The smallest absolute Gasteiger partial charge is 0.169 e. The standard InChI is InChI=1S/C13H13ClN.ClHO4/c14-8-11-15-9-6-13(7-10-15)12-4-2-1-3-5-12;2-1(3,4)5/h1-7,9-10H,8,11H2;(H,2,3,4,5)/q+1;/p-1. The van der Waals surface area contributed by atoms with E-state index in [0.717, 1.165) is 6.54 Å². The molecular formula is C13H13Cl2NO4. The largest absolute Gasteiger partial charge is 0.222 e. The van der Waals surface area contributed by atoms with Crippen LogP contribution >= 0.6 is 11.6 Å². The molecule has 0 unspecified atom stereocenters. The van der Waals surface area contributed by atoms with E-state index in [1.165, 1.54) is 11.1 Å². The molecule has 7 heteroatoms. The third-order valence-corrected chi connectivity index (χ3v) is 2.51. The Labute approximate surface area is 124 Å². The van der Waals surface area contributed by atoms with Crippen molar-refractivity contribution in [3.05, 3.63) is 54.9 Å². The monoisotopic (exact) mass is 317 g/mol. The van der Waals surface area contributed by atoms with Crippen molar-refractivity contribution in [2.75, 3.05) is 5.88 Å². The van der Waals surface area contributed by atoms with E-state index in [0.29, 0.717) is 5.88 Å². The molecule has 0 aliphatic rings. The van der Waals surface area contributed by atoms with Gasteiger partial charge in [0.05, 0.1) is 5.88 Å². The SMILES string of the molecule is ClCC[n+]1ccc(-c2ccccc2)cc1.[O-][Cl+3]([O-])([O-])[O-]. The first-order chi connectivity index (χ1) is 9.40. The lowest BCUT2D eigenvalue weighted by molar-refractivity contribution is -2.00. The van der Waals surface area contributed by atoms with Gasteiger partial charge in [-0.3, -0.25) is 0 Å². The number of alkyl halides is 1. The summed E-state index contributed by atoms with van der Waals surface area (Å²) in [5, 5.41) is 0. The molecule has 2 rings (SSSR count). The number of halogens is 2. The topological polar surface area (TPSA) is 96.1 Å². The highest BCUT2D eigenvalue weighted by Crippen LogP contribution is 2.16. The van der Waals surface area contributed by atoms with E-state index in [9.17, 15) is 0 Å². The van der Waals surface area contributed by atoms with Crippen LogP contribution in [0.15, 0.2) is 54.9 Å². The minimum Gasteiger partial charge on any atom is -0.222 e. The quantitative estimate of drug-likeness (QED) is 0.489. The molecule has 0 fully saturated rings. The van der Waals surface area contributed by atoms with Crippen LogP contribution in [0.5, 0.6) is 0 Å². The van der Waals surface area contributed by atoms with Gasteiger partial charge in [0, 0.05) is 12.1 Å². The van der Waals surface area contributed by atoms with Crippen molar-refractivity contribution in [1.29, 1.82) is 0 Å². The van der Waals surface area contributed by atoms with E-state index in [1.54, 1.807) is 0 Å². The van der Waals surface area contributed by atoms with Crippen LogP contribution in [0.1, 0.15) is 0 Å². The highest BCUT2D eigenvalue weighted by atomic mass is 35.7. The Morgan fingerprint density at radius 1 is 0.850 bits per heavy atom. The van der Waals surface area contributed by atoms with Crippen molar-refractivity contribution >= 4 is 11.6 Å². The molecule has 0 amide bonds. The van der Waals surface area contributed by atoms with Gasteiger partial charge < -0.3 is 0 Å². The fourth-order valence-electron chi connectivity index (χ4n) is 1.53. The fraction of sp³-hybridized carbons (Fsp3) is 0.154. The molecule has 20 heavy (non-hydrogen) atoms. The maximum absolute atomic E-state index is 8.49. The molecule has 0 spiro atoms. The Balaban J connectivity index is 0.000000347. The Bertz CT molecular complexity index is 494. The number of benzene rings is 1. The number of hydrogen-bond acceptors (Lipinski definition) is 4. The summed E-state index contributed by atoms with van der Waals surface area (Å²) in [6.45, 7) is 0.858. The average Bonchev–Trinajstić information content (AvgIpc) is 2.39. The molecule has 108 valence electrons. The zero-order valence-corrected chi connectivity index (χ0v) is 12.0. The highest BCUT2D eigenvalue weighted by Gasteiger charge is 2.00. The van der Waals surface area contributed by atoms with Crippen LogP contribution in [0.4, 0.5) is 0 Å². The lowest BCUT2D eigenvalue weighted by Crippen LogP contribution is -2.68. The van der Waals surface area contributed by atoms with Crippen LogP contribution in [0.25, 0.3) is 11.1 Å². The molecule has 0 saturated heterocycles. The van der Waals surface area contributed by atoms with Gasteiger partial charge in [-0.05, 0) is 11.1 Å². The van der Waals surface area contributed by atoms with Crippen molar-refractivity contribution < 1.29 is 33.4 Å². The minimum absolute atomic E-state index is 0.648. The summed E-state index contributed by atoms with van der Waals surface area (Å²) in [6.07, 6.45) is 4.12. The van der Waals surface area contributed by atoms with Crippen LogP contribution in [0, 0.1) is 10.2 Å². The zero-order chi connectivity index (χ0) is 15.0. The summed E-state index contributed by atoms with van der Waals surface area (Å²) in [4.78, 5) is 0. The Morgan fingerprint density at radius 3 is 1.75 bits per heavy atom. The molecule has 0 saturated carbocycles. The van der Waals surface area contributed by atoms with Crippen LogP contribution in [-0.4, -0.2) is 5.88 Å². The van der Waals surface area contributed by atoms with Crippen molar-refractivity contribution in [2.24, 2.45) is 0 Å². The summed E-state index contributed by atoms with van der Waals surface area (Å²) in [5.74, 6) is 0.648. The second-order valence-electron chi connectivity index (χ2n) is 3.76. The number of pyridine rings is 1. The van der Waals surface area contributed by atoms with Crippen LogP contribution < -0.4 is 23.2 Å². The average molecular weight is 318 g/mol. The highest BCUT2D eigenvalue weighted by molar-refractivity contribution is 6.17. The van der Waals surface area contributed by atoms with Crippen LogP contribution in [-0.2, 0) is 6.54 Å². The van der Waals surface area contributed by atoms with E-state index < -0.39 is 10.2 Å².